The van der Waals surface area contributed by atoms with Crippen LogP contribution >= 0.6 is 0 Å². The third kappa shape index (κ3) is 3.16. The van der Waals surface area contributed by atoms with Crippen molar-refractivity contribution in [2.75, 3.05) is 10.6 Å². The van der Waals surface area contributed by atoms with Gasteiger partial charge in [0.15, 0.2) is 11.8 Å². The molecule has 1 aliphatic rings. The molecule has 0 bridgehead atoms. The van der Waals surface area contributed by atoms with Gasteiger partial charge in [-0.3, -0.25) is 19.1 Å². The van der Waals surface area contributed by atoms with Crippen molar-refractivity contribution < 1.29 is 19.1 Å². The number of benzene rings is 1. The average Bonchev–Trinajstić information content (AvgIpc) is 2.84. The molecular formula is C16H17N5O4. The number of primary amides is 1. The maximum atomic E-state index is 12.3. The number of aryl methyl sites for hydroxylation is 1. The van der Waals surface area contributed by atoms with Crippen molar-refractivity contribution in [3.8, 4) is 5.75 Å². The summed E-state index contributed by atoms with van der Waals surface area (Å²) < 4.78 is 7.02. The Labute approximate surface area is 143 Å². The number of hydrogen-bond acceptors (Lipinski definition) is 5. The van der Waals surface area contributed by atoms with E-state index in [9.17, 15) is 14.4 Å². The van der Waals surface area contributed by atoms with Gasteiger partial charge >= 0.3 is 0 Å². The van der Waals surface area contributed by atoms with E-state index in [0.717, 1.165) is 0 Å². The number of nitrogens with two attached hydrogens (primary N) is 1. The van der Waals surface area contributed by atoms with Crippen molar-refractivity contribution in [2.45, 2.75) is 19.4 Å². The number of nitrogens with zero attached hydrogens (tertiary/aromatic N) is 2. The van der Waals surface area contributed by atoms with Crippen LogP contribution in [0, 0.1) is 6.92 Å². The fourth-order valence-electron chi connectivity index (χ4n) is 2.52. The topological polar surface area (TPSA) is 128 Å². The molecule has 0 radical (unpaired) electrons. The van der Waals surface area contributed by atoms with E-state index in [-0.39, 0.29) is 17.8 Å². The number of nitrogens with one attached hydrogen (secondary N) is 2. The predicted molar refractivity (Wildman–Crippen MR) is 89.2 cm³/mol. The first-order chi connectivity index (χ1) is 11.9. The van der Waals surface area contributed by atoms with Gasteiger partial charge in [0.05, 0.1) is 23.5 Å². The van der Waals surface area contributed by atoms with Crippen molar-refractivity contribution in [1.82, 2.24) is 9.78 Å². The Bertz CT molecular complexity index is 873. The number of para-hydroxylation sites is 2. The van der Waals surface area contributed by atoms with Crippen molar-refractivity contribution in [3.05, 3.63) is 35.7 Å². The summed E-state index contributed by atoms with van der Waals surface area (Å²) in [6.07, 6.45) is -1.18. The minimum absolute atomic E-state index is 0.0345. The minimum Gasteiger partial charge on any atom is -0.478 e. The van der Waals surface area contributed by atoms with Crippen LogP contribution in [0.4, 0.5) is 11.4 Å². The third-order valence-electron chi connectivity index (χ3n) is 3.91. The summed E-state index contributed by atoms with van der Waals surface area (Å²) >= 11 is 0. The smallest absolute Gasteiger partial charge is 0.271 e. The number of rotatable bonds is 4. The number of fused-ring (bicyclic) bond motifs is 1. The number of hydrogen-bond donors (Lipinski definition) is 3. The van der Waals surface area contributed by atoms with Crippen molar-refractivity contribution in [1.29, 1.82) is 0 Å². The molecule has 3 rings (SSSR count). The van der Waals surface area contributed by atoms with Gasteiger partial charge < -0.3 is 21.1 Å². The molecule has 1 aromatic carbocycles. The number of ether oxygens (including phenoxy) is 1. The SMILES string of the molecule is Cc1c(NC(=O)CC2Oc3ccccc3NC2=O)c(C(N)=O)nn1C. The highest BCUT2D eigenvalue weighted by atomic mass is 16.5. The first-order valence-electron chi connectivity index (χ1n) is 7.56. The molecule has 25 heavy (non-hydrogen) atoms. The van der Waals surface area contributed by atoms with E-state index in [1.54, 1.807) is 38.2 Å². The van der Waals surface area contributed by atoms with Gasteiger partial charge in [-0.25, -0.2) is 0 Å². The number of anilines is 2. The zero-order valence-electron chi connectivity index (χ0n) is 13.7. The summed E-state index contributed by atoms with van der Waals surface area (Å²) in [4.78, 5) is 35.9. The molecule has 1 aliphatic heterocycles. The minimum atomic E-state index is -0.969. The number of aromatic nitrogens is 2. The lowest BCUT2D eigenvalue weighted by atomic mass is 10.1. The average molecular weight is 343 g/mol. The Kier molecular flexibility index (Phi) is 4.14. The van der Waals surface area contributed by atoms with E-state index < -0.39 is 23.8 Å². The van der Waals surface area contributed by atoms with E-state index >= 15 is 0 Å². The molecule has 0 saturated carbocycles. The van der Waals surface area contributed by atoms with Crippen LogP contribution in [0.2, 0.25) is 0 Å². The molecular weight excluding hydrogens is 326 g/mol. The molecule has 1 atom stereocenters. The highest BCUT2D eigenvalue weighted by Gasteiger charge is 2.30. The molecule has 0 spiro atoms. The van der Waals surface area contributed by atoms with Crippen LogP contribution in [0.25, 0.3) is 0 Å². The maximum absolute atomic E-state index is 12.3. The Morgan fingerprint density at radius 1 is 1.40 bits per heavy atom. The van der Waals surface area contributed by atoms with E-state index in [2.05, 4.69) is 15.7 Å². The fraction of sp³-hybridized carbons (Fsp3) is 0.250. The monoisotopic (exact) mass is 343 g/mol. The van der Waals surface area contributed by atoms with Gasteiger partial charge in [0.1, 0.15) is 5.75 Å². The molecule has 9 heteroatoms. The van der Waals surface area contributed by atoms with Gasteiger partial charge in [-0.15, -0.1) is 0 Å². The van der Waals surface area contributed by atoms with Crippen LogP contribution in [0.3, 0.4) is 0 Å². The van der Waals surface area contributed by atoms with Gasteiger partial charge in [0.2, 0.25) is 5.91 Å². The predicted octanol–water partition coefficient (Wildman–Crippen LogP) is 0.556. The second-order valence-corrected chi connectivity index (χ2v) is 5.64. The second kappa shape index (κ2) is 6.27. The molecule has 4 N–H and O–H groups in total. The molecule has 0 saturated heterocycles. The fourth-order valence-corrected chi connectivity index (χ4v) is 2.52. The normalized spacial score (nSPS) is 15.8. The van der Waals surface area contributed by atoms with Crippen molar-refractivity contribution in [2.24, 2.45) is 12.8 Å². The molecule has 130 valence electrons. The van der Waals surface area contributed by atoms with Crippen LogP contribution in [-0.2, 0) is 16.6 Å². The molecule has 2 aromatic rings. The van der Waals surface area contributed by atoms with Crippen LogP contribution < -0.4 is 21.1 Å². The van der Waals surface area contributed by atoms with E-state index in [0.29, 0.717) is 17.1 Å². The highest BCUT2D eigenvalue weighted by molar-refractivity contribution is 6.05. The standard InChI is InChI=1S/C16H17N5O4/c1-8-13(14(15(17)23)20-21(8)2)19-12(22)7-11-16(24)18-9-5-3-4-6-10(9)25-11/h3-6,11H,7H2,1-2H3,(H2,17,23)(H,18,24)(H,19,22). The van der Waals surface area contributed by atoms with E-state index in [1.807, 2.05) is 0 Å². The molecule has 1 aromatic heterocycles. The summed E-state index contributed by atoms with van der Waals surface area (Å²) in [6, 6.07) is 6.95. The molecule has 3 amide bonds. The zero-order valence-corrected chi connectivity index (χ0v) is 13.7. The van der Waals surface area contributed by atoms with Gasteiger partial charge in [-0.1, -0.05) is 12.1 Å². The Morgan fingerprint density at radius 2 is 2.12 bits per heavy atom. The van der Waals surface area contributed by atoms with E-state index in [4.69, 9.17) is 10.5 Å². The molecule has 1 unspecified atom stereocenters. The first-order valence-corrected chi connectivity index (χ1v) is 7.56. The Hall–Kier alpha value is -3.36. The van der Waals surface area contributed by atoms with Gasteiger partial charge in [0.25, 0.3) is 11.8 Å². The maximum Gasteiger partial charge on any atom is 0.271 e. The lowest BCUT2D eigenvalue weighted by molar-refractivity contribution is -0.128. The van der Waals surface area contributed by atoms with Crippen molar-refractivity contribution >= 4 is 29.1 Å². The Balaban J connectivity index is 1.74. The summed E-state index contributed by atoms with van der Waals surface area (Å²) in [5, 5.41) is 9.25. The quantitative estimate of drug-likeness (QED) is 0.747. The highest BCUT2D eigenvalue weighted by Crippen LogP contribution is 2.29. The lowest BCUT2D eigenvalue weighted by Gasteiger charge is -2.25. The molecule has 0 aliphatic carbocycles. The number of carbonyl (C=O) groups is 3. The third-order valence-corrected chi connectivity index (χ3v) is 3.91. The van der Waals surface area contributed by atoms with Gasteiger partial charge in [-0.2, -0.15) is 5.10 Å². The van der Waals surface area contributed by atoms with Crippen LogP contribution in [0.5, 0.6) is 5.75 Å². The van der Waals surface area contributed by atoms with E-state index in [1.165, 1.54) is 4.68 Å². The van der Waals surface area contributed by atoms with Crippen LogP contribution in [0.15, 0.2) is 24.3 Å². The van der Waals surface area contributed by atoms with Gasteiger partial charge in [-0.05, 0) is 19.1 Å². The summed E-state index contributed by atoms with van der Waals surface area (Å²) in [5.41, 5.74) is 6.60. The first kappa shape index (κ1) is 16.5. The second-order valence-electron chi connectivity index (χ2n) is 5.64. The summed E-state index contributed by atoms with van der Waals surface area (Å²) in [6.45, 7) is 1.69. The number of carbonyl (C=O) groups excluding carboxylic acids is 3. The van der Waals surface area contributed by atoms with Gasteiger partial charge in [0, 0.05) is 7.05 Å². The molecule has 0 fully saturated rings. The summed E-state index contributed by atoms with van der Waals surface area (Å²) in [5.74, 6) is -1.15. The zero-order chi connectivity index (χ0) is 18.1. The molecule has 9 nitrogen and oxygen atoms in total. The molecule has 2 heterocycles. The van der Waals surface area contributed by atoms with Crippen molar-refractivity contribution in [3.63, 3.8) is 0 Å². The van der Waals surface area contributed by atoms with Crippen LogP contribution in [-0.4, -0.2) is 33.6 Å². The largest absolute Gasteiger partial charge is 0.478 e. The Morgan fingerprint density at radius 3 is 2.84 bits per heavy atom. The number of amides is 3. The summed E-state index contributed by atoms with van der Waals surface area (Å²) in [7, 11) is 1.63. The van der Waals surface area contributed by atoms with Crippen LogP contribution in [0.1, 0.15) is 22.6 Å². The lowest BCUT2D eigenvalue weighted by Crippen LogP contribution is -2.39.